The summed E-state index contributed by atoms with van der Waals surface area (Å²) in [7, 11) is 0. The first-order valence-electron chi connectivity index (χ1n) is 9.47. The molecule has 5 nitrogen and oxygen atoms in total. The number of benzene rings is 2. The van der Waals surface area contributed by atoms with E-state index in [0.29, 0.717) is 23.5 Å². The lowest BCUT2D eigenvalue weighted by Crippen LogP contribution is -2.37. The molecule has 0 bridgehead atoms. The maximum Gasteiger partial charge on any atom is 0.416 e. The molecular weight excluding hydrogens is 427 g/mol. The number of anilines is 2. The Kier molecular flexibility index (Phi) is 7.30. The smallest absolute Gasteiger partial charge is 0.351 e. The van der Waals surface area contributed by atoms with Gasteiger partial charge in [0.1, 0.15) is 0 Å². The fraction of sp³-hybridized carbons (Fsp3) is 0.182. The summed E-state index contributed by atoms with van der Waals surface area (Å²) in [6.07, 6.45) is -4.04. The lowest BCUT2D eigenvalue weighted by molar-refractivity contribution is -0.137. The maximum absolute atomic E-state index is 12.9. The van der Waals surface area contributed by atoms with Gasteiger partial charge in [0.15, 0.2) is 0 Å². The highest BCUT2D eigenvalue weighted by molar-refractivity contribution is 7.12. The van der Waals surface area contributed by atoms with Crippen molar-refractivity contribution in [3.63, 3.8) is 0 Å². The van der Waals surface area contributed by atoms with Crippen molar-refractivity contribution in [2.24, 2.45) is 0 Å². The quantitative estimate of drug-likeness (QED) is 0.462. The number of carbonyl (C=O) groups excluding carboxylic acids is 2. The summed E-state index contributed by atoms with van der Waals surface area (Å²) in [5, 5.41) is 7.13. The average molecular weight is 447 g/mol. The normalized spacial score (nSPS) is 11.1. The third-order valence-corrected chi connectivity index (χ3v) is 5.21. The molecule has 31 heavy (non-hydrogen) atoms. The number of thiophene rings is 1. The second kappa shape index (κ2) is 10.1. The Morgan fingerprint density at radius 1 is 0.968 bits per heavy atom. The van der Waals surface area contributed by atoms with E-state index in [1.165, 1.54) is 28.4 Å². The van der Waals surface area contributed by atoms with Crippen molar-refractivity contribution in [1.82, 2.24) is 5.32 Å². The minimum Gasteiger partial charge on any atom is -0.351 e. The Hall–Kier alpha value is -3.33. The van der Waals surface area contributed by atoms with Gasteiger partial charge in [0, 0.05) is 24.5 Å². The van der Waals surface area contributed by atoms with Crippen LogP contribution in [0.2, 0.25) is 0 Å². The van der Waals surface area contributed by atoms with Crippen LogP contribution in [0.15, 0.2) is 72.1 Å². The third-order valence-electron chi connectivity index (χ3n) is 4.34. The summed E-state index contributed by atoms with van der Waals surface area (Å²) in [6.45, 7) is 0.608. The van der Waals surface area contributed by atoms with E-state index in [1.807, 2.05) is 5.38 Å². The molecule has 0 spiro atoms. The Morgan fingerprint density at radius 3 is 2.42 bits per heavy atom. The summed E-state index contributed by atoms with van der Waals surface area (Å²) < 4.78 is 38.8. The van der Waals surface area contributed by atoms with Crippen molar-refractivity contribution in [3.05, 3.63) is 82.6 Å². The molecule has 3 amide bonds. The van der Waals surface area contributed by atoms with Crippen molar-refractivity contribution < 1.29 is 22.8 Å². The average Bonchev–Trinajstić information content (AvgIpc) is 3.29. The molecule has 0 saturated heterocycles. The predicted molar refractivity (Wildman–Crippen MR) is 116 cm³/mol. The van der Waals surface area contributed by atoms with Crippen LogP contribution in [0.3, 0.4) is 0 Å². The lowest BCUT2D eigenvalue weighted by Gasteiger charge is -2.23. The standard InChI is InChI=1S/C22H20F3N3O2S/c23-22(24,25)16-7-4-8-17(15-16)27-21(30)28(18-9-2-1-3-10-18)13-6-12-26-20(29)19-11-5-14-31-19/h1-5,7-11,14-15H,6,12-13H2,(H,26,29)(H,27,30). The van der Waals surface area contributed by atoms with Gasteiger partial charge in [-0.2, -0.15) is 13.2 Å². The molecule has 0 unspecified atom stereocenters. The van der Waals surface area contributed by atoms with Crippen molar-refractivity contribution in [2.75, 3.05) is 23.3 Å². The number of nitrogens with zero attached hydrogens (tertiary/aromatic N) is 1. The number of urea groups is 1. The molecule has 0 atom stereocenters. The van der Waals surface area contributed by atoms with Gasteiger partial charge in [0.25, 0.3) is 5.91 Å². The van der Waals surface area contributed by atoms with Crippen LogP contribution in [0.1, 0.15) is 21.7 Å². The number of hydrogen-bond acceptors (Lipinski definition) is 3. The number of carbonyl (C=O) groups is 2. The number of para-hydroxylation sites is 1. The third kappa shape index (κ3) is 6.32. The van der Waals surface area contributed by atoms with Crippen molar-refractivity contribution >= 4 is 34.6 Å². The van der Waals surface area contributed by atoms with Gasteiger partial charge in [0.05, 0.1) is 10.4 Å². The van der Waals surface area contributed by atoms with E-state index in [9.17, 15) is 22.8 Å². The molecule has 162 valence electrons. The molecule has 0 aliphatic carbocycles. The van der Waals surface area contributed by atoms with Gasteiger partial charge >= 0.3 is 12.2 Å². The van der Waals surface area contributed by atoms with E-state index < -0.39 is 17.8 Å². The first-order chi connectivity index (χ1) is 14.8. The molecule has 0 aliphatic heterocycles. The second-order valence-corrected chi connectivity index (χ2v) is 7.53. The molecule has 2 aromatic carbocycles. The van der Waals surface area contributed by atoms with E-state index in [-0.39, 0.29) is 18.1 Å². The highest BCUT2D eigenvalue weighted by atomic mass is 32.1. The topological polar surface area (TPSA) is 61.4 Å². The number of halogens is 3. The van der Waals surface area contributed by atoms with Gasteiger partial charge in [0.2, 0.25) is 0 Å². The van der Waals surface area contributed by atoms with Crippen LogP contribution in [-0.4, -0.2) is 25.0 Å². The summed E-state index contributed by atoms with van der Waals surface area (Å²) in [4.78, 5) is 26.9. The molecule has 1 heterocycles. The van der Waals surface area contributed by atoms with Crippen LogP contribution < -0.4 is 15.5 Å². The summed E-state index contributed by atoms with van der Waals surface area (Å²) >= 11 is 1.33. The first kappa shape index (κ1) is 22.4. The highest BCUT2D eigenvalue weighted by Gasteiger charge is 2.30. The summed E-state index contributed by atoms with van der Waals surface area (Å²) in [5.74, 6) is -0.185. The predicted octanol–water partition coefficient (Wildman–Crippen LogP) is 5.63. The summed E-state index contributed by atoms with van der Waals surface area (Å²) in [5.41, 5.74) is -0.198. The van der Waals surface area contributed by atoms with Gasteiger partial charge in [-0.15, -0.1) is 11.3 Å². The first-order valence-corrected chi connectivity index (χ1v) is 10.3. The van der Waals surface area contributed by atoms with Crippen LogP contribution in [0.4, 0.5) is 29.3 Å². The monoisotopic (exact) mass is 447 g/mol. The van der Waals surface area contributed by atoms with E-state index in [2.05, 4.69) is 10.6 Å². The lowest BCUT2D eigenvalue weighted by atomic mass is 10.2. The minimum absolute atomic E-state index is 0.0479. The molecule has 9 heteroatoms. The molecule has 3 rings (SSSR count). The van der Waals surface area contributed by atoms with Gasteiger partial charge < -0.3 is 10.6 Å². The Morgan fingerprint density at radius 2 is 1.74 bits per heavy atom. The van der Waals surface area contributed by atoms with Crippen LogP contribution in [0, 0.1) is 0 Å². The number of amides is 3. The molecule has 3 aromatic rings. The fourth-order valence-corrected chi connectivity index (χ4v) is 3.49. The zero-order valence-corrected chi connectivity index (χ0v) is 17.2. The zero-order valence-electron chi connectivity index (χ0n) is 16.4. The molecule has 0 radical (unpaired) electrons. The number of rotatable bonds is 7. The Labute approximate surface area is 181 Å². The van der Waals surface area contributed by atoms with Gasteiger partial charge in [-0.3, -0.25) is 9.69 Å². The zero-order chi connectivity index (χ0) is 22.3. The second-order valence-electron chi connectivity index (χ2n) is 6.58. The molecule has 0 saturated carbocycles. The van der Waals surface area contributed by atoms with Gasteiger partial charge in [-0.05, 0) is 48.2 Å². The Balaban J connectivity index is 1.65. The molecule has 2 N–H and O–H groups in total. The summed E-state index contributed by atoms with van der Waals surface area (Å²) in [6, 6.07) is 16.2. The fourth-order valence-electron chi connectivity index (χ4n) is 2.85. The maximum atomic E-state index is 12.9. The largest absolute Gasteiger partial charge is 0.416 e. The van der Waals surface area contributed by atoms with Crippen molar-refractivity contribution in [2.45, 2.75) is 12.6 Å². The van der Waals surface area contributed by atoms with Crippen LogP contribution >= 0.6 is 11.3 Å². The van der Waals surface area contributed by atoms with E-state index >= 15 is 0 Å². The van der Waals surface area contributed by atoms with Crippen LogP contribution in [0.5, 0.6) is 0 Å². The van der Waals surface area contributed by atoms with Crippen LogP contribution in [-0.2, 0) is 6.18 Å². The minimum atomic E-state index is -4.50. The molecular formula is C22H20F3N3O2S. The van der Waals surface area contributed by atoms with E-state index in [4.69, 9.17) is 0 Å². The van der Waals surface area contributed by atoms with Crippen molar-refractivity contribution in [1.29, 1.82) is 0 Å². The van der Waals surface area contributed by atoms with Gasteiger partial charge in [-0.25, -0.2) is 4.79 Å². The SMILES string of the molecule is O=C(NCCCN(C(=O)Nc1cccc(C(F)(F)F)c1)c1ccccc1)c1cccs1. The number of nitrogens with one attached hydrogen (secondary N) is 2. The Bertz CT molecular complexity index is 1010. The molecule has 0 aliphatic rings. The molecule has 0 fully saturated rings. The number of hydrogen-bond donors (Lipinski definition) is 2. The molecule has 1 aromatic heterocycles. The van der Waals surface area contributed by atoms with Crippen molar-refractivity contribution in [3.8, 4) is 0 Å². The van der Waals surface area contributed by atoms with Gasteiger partial charge in [-0.1, -0.05) is 30.3 Å². The van der Waals surface area contributed by atoms with E-state index in [0.717, 1.165) is 12.1 Å². The number of alkyl halides is 3. The highest BCUT2D eigenvalue weighted by Crippen LogP contribution is 2.30. The van der Waals surface area contributed by atoms with E-state index in [1.54, 1.807) is 42.5 Å². The van der Waals surface area contributed by atoms with Crippen LogP contribution in [0.25, 0.3) is 0 Å².